The van der Waals surface area contributed by atoms with Gasteiger partial charge < -0.3 is 18.9 Å². The summed E-state index contributed by atoms with van der Waals surface area (Å²) in [5.74, 6) is 2.53. The summed E-state index contributed by atoms with van der Waals surface area (Å²) in [7, 11) is 6.42. The maximum absolute atomic E-state index is 5.54. The summed E-state index contributed by atoms with van der Waals surface area (Å²) in [6, 6.07) is 11.4. The molecule has 0 unspecified atom stereocenters. The van der Waals surface area contributed by atoms with E-state index in [1.54, 1.807) is 51.5 Å². The minimum absolute atomic E-state index is 0.487. The summed E-state index contributed by atoms with van der Waals surface area (Å²) >= 11 is 1.49. The van der Waals surface area contributed by atoms with E-state index in [4.69, 9.17) is 24.0 Å². The van der Waals surface area contributed by atoms with Crippen LogP contribution in [0.4, 0.5) is 0 Å². The molecule has 1 heterocycles. The van der Waals surface area contributed by atoms with Gasteiger partial charge in [-0.2, -0.15) is 5.10 Å². The standard InChI is InChI=1S/C23H25N3O4S/c1-6-11-24-23-26(18(15-31-23)17-9-7-8-10-19(17)27-2)25-14-16-12-21(29-4)22(30-5)13-20(16)28-3/h6-10,12-15H,1,11H2,2-5H3. The number of nitrogens with zero attached hydrogens (tertiary/aromatic N) is 3. The number of benzene rings is 2. The zero-order chi connectivity index (χ0) is 22.2. The predicted octanol–water partition coefficient (Wildman–Crippen LogP) is 4.22. The van der Waals surface area contributed by atoms with Crippen LogP contribution < -0.4 is 23.7 Å². The second-order valence-electron chi connectivity index (χ2n) is 6.24. The van der Waals surface area contributed by atoms with E-state index in [0.29, 0.717) is 23.8 Å². The highest BCUT2D eigenvalue weighted by Gasteiger charge is 2.13. The second-order valence-corrected chi connectivity index (χ2v) is 7.08. The molecule has 0 spiro atoms. The molecule has 0 radical (unpaired) electrons. The van der Waals surface area contributed by atoms with Crippen molar-refractivity contribution in [2.45, 2.75) is 0 Å². The van der Waals surface area contributed by atoms with Gasteiger partial charge in [-0.3, -0.25) is 4.99 Å². The Morgan fingerprint density at radius 2 is 1.61 bits per heavy atom. The van der Waals surface area contributed by atoms with Gasteiger partial charge in [-0.25, -0.2) is 4.68 Å². The fourth-order valence-electron chi connectivity index (χ4n) is 2.98. The molecule has 0 atom stereocenters. The Labute approximate surface area is 185 Å². The Morgan fingerprint density at radius 3 is 2.29 bits per heavy atom. The first-order valence-corrected chi connectivity index (χ1v) is 10.3. The lowest BCUT2D eigenvalue weighted by Crippen LogP contribution is -2.13. The third kappa shape index (κ3) is 4.80. The van der Waals surface area contributed by atoms with Gasteiger partial charge in [-0.1, -0.05) is 18.2 Å². The van der Waals surface area contributed by atoms with Crippen molar-refractivity contribution < 1.29 is 18.9 Å². The van der Waals surface area contributed by atoms with Crippen LogP contribution >= 0.6 is 11.3 Å². The van der Waals surface area contributed by atoms with Gasteiger partial charge in [0.25, 0.3) is 0 Å². The highest BCUT2D eigenvalue weighted by atomic mass is 32.1. The van der Waals surface area contributed by atoms with E-state index in [1.807, 2.05) is 35.7 Å². The van der Waals surface area contributed by atoms with Crippen molar-refractivity contribution in [1.29, 1.82) is 0 Å². The number of methoxy groups -OCH3 is 4. The van der Waals surface area contributed by atoms with E-state index in [-0.39, 0.29) is 0 Å². The van der Waals surface area contributed by atoms with E-state index in [1.165, 1.54) is 11.3 Å². The molecule has 31 heavy (non-hydrogen) atoms. The second kappa shape index (κ2) is 10.5. The van der Waals surface area contributed by atoms with Crippen LogP contribution in [0.1, 0.15) is 5.56 Å². The van der Waals surface area contributed by atoms with Crippen LogP contribution in [0.5, 0.6) is 23.0 Å². The average Bonchev–Trinajstić information content (AvgIpc) is 3.22. The molecule has 3 aromatic rings. The van der Waals surface area contributed by atoms with E-state index < -0.39 is 0 Å². The van der Waals surface area contributed by atoms with E-state index in [0.717, 1.165) is 27.4 Å². The van der Waals surface area contributed by atoms with Crippen LogP contribution in [0.3, 0.4) is 0 Å². The number of para-hydroxylation sites is 1. The van der Waals surface area contributed by atoms with Gasteiger partial charge >= 0.3 is 0 Å². The van der Waals surface area contributed by atoms with Gasteiger partial charge in [0.1, 0.15) is 11.5 Å². The van der Waals surface area contributed by atoms with Gasteiger partial charge in [0.2, 0.25) is 4.80 Å². The zero-order valence-electron chi connectivity index (χ0n) is 18.0. The van der Waals surface area contributed by atoms with Gasteiger partial charge in [-0.15, -0.1) is 17.9 Å². The highest BCUT2D eigenvalue weighted by Crippen LogP contribution is 2.34. The van der Waals surface area contributed by atoms with Gasteiger partial charge in [0.05, 0.1) is 46.9 Å². The molecule has 0 saturated carbocycles. The van der Waals surface area contributed by atoms with Crippen LogP contribution in [-0.4, -0.2) is 45.9 Å². The summed E-state index contributed by atoms with van der Waals surface area (Å²) in [4.78, 5) is 5.31. The lowest BCUT2D eigenvalue weighted by molar-refractivity contribution is 0.349. The molecule has 0 aliphatic heterocycles. The molecule has 0 aliphatic rings. The third-order valence-electron chi connectivity index (χ3n) is 4.47. The topological polar surface area (TPSA) is 66.6 Å². The van der Waals surface area contributed by atoms with E-state index >= 15 is 0 Å². The predicted molar refractivity (Wildman–Crippen MR) is 124 cm³/mol. The fraction of sp³-hybridized carbons (Fsp3) is 0.217. The molecule has 0 N–H and O–H groups in total. The molecule has 162 valence electrons. The molecule has 7 nitrogen and oxygen atoms in total. The molecule has 0 fully saturated rings. The molecule has 8 heteroatoms. The number of aromatic nitrogens is 1. The van der Waals surface area contributed by atoms with Crippen LogP contribution in [0.25, 0.3) is 11.3 Å². The Morgan fingerprint density at radius 1 is 0.935 bits per heavy atom. The molecule has 0 saturated heterocycles. The first-order chi connectivity index (χ1) is 15.2. The first kappa shape index (κ1) is 22.2. The van der Waals surface area contributed by atoms with Crippen LogP contribution in [-0.2, 0) is 0 Å². The highest BCUT2D eigenvalue weighted by molar-refractivity contribution is 7.07. The smallest absolute Gasteiger partial charge is 0.206 e. The average molecular weight is 440 g/mol. The summed E-state index contributed by atoms with van der Waals surface area (Å²) in [6.07, 6.45) is 3.45. The lowest BCUT2D eigenvalue weighted by Gasteiger charge is -2.12. The first-order valence-electron chi connectivity index (χ1n) is 9.46. The number of thiazole rings is 1. The van der Waals surface area contributed by atoms with Crippen molar-refractivity contribution in [3.05, 3.63) is 64.8 Å². The Hall–Kier alpha value is -3.52. The van der Waals surface area contributed by atoms with Gasteiger partial charge in [-0.05, 0) is 18.2 Å². The third-order valence-corrected chi connectivity index (χ3v) is 5.33. The van der Waals surface area contributed by atoms with E-state index in [9.17, 15) is 0 Å². The molecular weight excluding hydrogens is 414 g/mol. The van der Waals surface area contributed by atoms with Gasteiger partial charge in [0.15, 0.2) is 11.5 Å². The Bertz CT molecular complexity index is 1150. The quantitative estimate of drug-likeness (QED) is 0.370. The minimum atomic E-state index is 0.487. The number of hydrogen-bond donors (Lipinski definition) is 0. The van der Waals surface area contributed by atoms with Crippen LogP contribution in [0, 0.1) is 0 Å². The number of rotatable bonds is 9. The van der Waals surface area contributed by atoms with E-state index in [2.05, 4.69) is 11.6 Å². The van der Waals surface area contributed by atoms with Crippen molar-refractivity contribution in [3.8, 4) is 34.3 Å². The Balaban J connectivity index is 2.15. The Kier molecular flexibility index (Phi) is 7.50. The maximum Gasteiger partial charge on any atom is 0.206 e. The normalized spacial score (nSPS) is 11.5. The molecule has 2 aromatic carbocycles. The molecule has 0 amide bonds. The lowest BCUT2D eigenvalue weighted by atomic mass is 10.1. The van der Waals surface area contributed by atoms with Crippen molar-refractivity contribution >= 4 is 17.6 Å². The summed E-state index contributed by atoms with van der Waals surface area (Å²) < 4.78 is 23.6. The summed E-state index contributed by atoms with van der Waals surface area (Å²) in [5.41, 5.74) is 2.51. The van der Waals surface area contributed by atoms with Crippen molar-refractivity contribution in [2.75, 3.05) is 35.0 Å². The molecule has 0 aliphatic carbocycles. The number of ether oxygens (including phenoxy) is 4. The monoisotopic (exact) mass is 439 g/mol. The molecule has 3 rings (SSSR count). The fourth-order valence-corrected chi connectivity index (χ4v) is 3.82. The van der Waals surface area contributed by atoms with Crippen LogP contribution in [0.2, 0.25) is 0 Å². The SMILES string of the molecule is C=CCN=c1scc(-c2ccccc2OC)n1N=Cc1cc(OC)c(OC)cc1OC. The molecule has 1 aromatic heterocycles. The summed E-state index contributed by atoms with van der Waals surface area (Å²) in [5, 5.41) is 6.73. The molecule has 0 bridgehead atoms. The van der Waals surface area contributed by atoms with Crippen molar-refractivity contribution in [1.82, 2.24) is 4.68 Å². The van der Waals surface area contributed by atoms with Gasteiger partial charge in [0, 0.05) is 22.6 Å². The minimum Gasteiger partial charge on any atom is -0.496 e. The van der Waals surface area contributed by atoms with Crippen molar-refractivity contribution in [2.24, 2.45) is 10.1 Å². The largest absolute Gasteiger partial charge is 0.496 e. The maximum atomic E-state index is 5.54. The van der Waals surface area contributed by atoms with Crippen LogP contribution in [0.15, 0.2) is 64.5 Å². The zero-order valence-corrected chi connectivity index (χ0v) is 18.8. The number of hydrogen-bond acceptors (Lipinski definition) is 7. The van der Waals surface area contributed by atoms with Crippen molar-refractivity contribution in [3.63, 3.8) is 0 Å². The molecular formula is C23H25N3O4S. The summed E-state index contributed by atoms with van der Waals surface area (Å²) in [6.45, 7) is 4.24.